The third kappa shape index (κ3) is 4.93. The van der Waals surface area contributed by atoms with Crippen LogP contribution in [-0.4, -0.2) is 61.4 Å². The van der Waals surface area contributed by atoms with Crippen molar-refractivity contribution >= 4 is 11.8 Å². The van der Waals surface area contributed by atoms with Crippen LogP contribution in [0.25, 0.3) is 0 Å². The highest BCUT2D eigenvalue weighted by Crippen LogP contribution is 2.31. The van der Waals surface area contributed by atoms with Crippen LogP contribution in [0.4, 0.5) is 0 Å². The molecule has 0 spiro atoms. The molecule has 166 valence electrons. The van der Waals surface area contributed by atoms with Crippen LogP contribution in [0.3, 0.4) is 0 Å². The lowest BCUT2D eigenvalue weighted by Crippen LogP contribution is -2.44. The number of furan rings is 1. The molecule has 1 atom stereocenters. The number of hydrogen-bond donors (Lipinski definition) is 1. The average molecular weight is 426 g/mol. The molecule has 1 unspecified atom stereocenters. The monoisotopic (exact) mass is 425 g/mol. The van der Waals surface area contributed by atoms with Gasteiger partial charge in [0.1, 0.15) is 5.75 Å². The number of carbonyl (C=O) groups is 2. The average Bonchev–Trinajstić information content (AvgIpc) is 3.54. The second-order valence-corrected chi connectivity index (χ2v) is 8.29. The first-order valence-electron chi connectivity index (χ1n) is 11.1. The fourth-order valence-corrected chi connectivity index (χ4v) is 4.67. The van der Waals surface area contributed by atoms with Gasteiger partial charge in [-0.1, -0.05) is 18.2 Å². The molecule has 7 heteroatoms. The van der Waals surface area contributed by atoms with Crippen molar-refractivity contribution in [2.24, 2.45) is 5.92 Å². The lowest BCUT2D eigenvalue weighted by atomic mass is 9.95. The molecule has 7 nitrogen and oxygen atoms in total. The molecule has 3 heterocycles. The van der Waals surface area contributed by atoms with Crippen LogP contribution in [0.15, 0.2) is 47.1 Å². The summed E-state index contributed by atoms with van der Waals surface area (Å²) in [4.78, 5) is 29.6. The van der Waals surface area contributed by atoms with Crippen LogP contribution in [0.5, 0.6) is 5.75 Å². The SMILES string of the molecule is COc1ccccc1C(CNC(=O)C1CCN(C(=O)c2ccco2)CC1)N1CCCC1. The van der Waals surface area contributed by atoms with Crippen LogP contribution in [0.1, 0.15) is 47.8 Å². The van der Waals surface area contributed by atoms with Gasteiger partial charge in [-0.05, 0) is 57.0 Å². The minimum Gasteiger partial charge on any atom is -0.496 e. The molecule has 2 saturated heterocycles. The lowest BCUT2D eigenvalue weighted by molar-refractivity contribution is -0.126. The molecule has 0 radical (unpaired) electrons. The summed E-state index contributed by atoms with van der Waals surface area (Å²) >= 11 is 0. The number of nitrogens with zero attached hydrogens (tertiary/aromatic N) is 2. The standard InChI is InChI=1S/C24H31N3O4/c1-30-21-8-3-2-7-19(21)20(26-12-4-5-13-26)17-25-23(28)18-10-14-27(15-11-18)24(29)22-9-6-16-31-22/h2-3,6-9,16,18,20H,4-5,10-15,17H2,1H3,(H,25,28). The highest BCUT2D eigenvalue weighted by molar-refractivity contribution is 5.91. The molecule has 2 fully saturated rings. The zero-order chi connectivity index (χ0) is 21.6. The number of benzene rings is 1. The minimum atomic E-state index is -0.103. The van der Waals surface area contributed by atoms with E-state index >= 15 is 0 Å². The van der Waals surface area contributed by atoms with Gasteiger partial charge in [-0.3, -0.25) is 14.5 Å². The van der Waals surface area contributed by atoms with Crippen molar-refractivity contribution < 1.29 is 18.7 Å². The Labute approximate surface area is 183 Å². The smallest absolute Gasteiger partial charge is 0.289 e. The number of ether oxygens (including phenoxy) is 1. The van der Waals surface area contributed by atoms with Crippen LogP contribution in [-0.2, 0) is 4.79 Å². The van der Waals surface area contributed by atoms with Gasteiger partial charge in [-0.15, -0.1) is 0 Å². The fraction of sp³-hybridized carbons (Fsp3) is 0.500. The Morgan fingerprint density at radius 3 is 2.52 bits per heavy atom. The van der Waals surface area contributed by atoms with Crippen LogP contribution >= 0.6 is 0 Å². The number of hydrogen-bond acceptors (Lipinski definition) is 5. The molecule has 1 aromatic heterocycles. The Morgan fingerprint density at radius 1 is 1.10 bits per heavy atom. The summed E-state index contributed by atoms with van der Waals surface area (Å²) in [7, 11) is 1.69. The number of methoxy groups -OCH3 is 1. The number of rotatable bonds is 7. The van der Waals surface area contributed by atoms with Crippen LogP contribution in [0, 0.1) is 5.92 Å². The van der Waals surface area contributed by atoms with Gasteiger partial charge in [0.05, 0.1) is 19.4 Å². The van der Waals surface area contributed by atoms with Gasteiger partial charge in [0.25, 0.3) is 5.91 Å². The van der Waals surface area contributed by atoms with Gasteiger partial charge in [-0.25, -0.2) is 0 Å². The number of carbonyl (C=O) groups excluding carboxylic acids is 2. The first-order chi connectivity index (χ1) is 15.2. The number of amides is 2. The lowest BCUT2D eigenvalue weighted by Gasteiger charge is -2.32. The molecule has 2 aromatic rings. The largest absolute Gasteiger partial charge is 0.496 e. The maximum Gasteiger partial charge on any atom is 0.289 e. The summed E-state index contributed by atoms with van der Waals surface area (Å²) in [5, 5.41) is 3.19. The van der Waals surface area contributed by atoms with E-state index < -0.39 is 0 Å². The zero-order valence-electron chi connectivity index (χ0n) is 18.1. The highest BCUT2D eigenvalue weighted by atomic mass is 16.5. The van der Waals surface area contributed by atoms with E-state index in [2.05, 4.69) is 16.3 Å². The summed E-state index contributed by atoms with van der Waals surface area (Å²) in [6, 6.07) is 11.6. The summed E-state index contributed by atoms with van der Waals surface area (Å²) in [5.41, 5.74) is 1.12. The first-order valence-corrected chi connectivity index (χ1v) is 11.1. The van der Waals surface area contributed by atoms with Gasteiger partial charge < -0.3 is 19.4 Å². The van der Waals surface area contributed by atoms with Gasteiger partial charge in [0.15, 0.2) is 5.76 Å². The van der Waals surface area contributed by atoms with Crippen molar-refractivity contribution in [1.29, 1.82) is 0 Å². The number of likely N-dealkylation sites (tertiary alicyclic amines) is 2. The molecular weight excluding hydrogens is 394 g/mol. The Balaban J connectivity index is 1.34. The summed E-state index contributed by atoms with van der Waals surface area (Å²) in [5.74, 6) is 1.11. The van der Waals surface area contributed by atoms with Crippen molar-refractivity contribution in [3.05, 3.63) is 54.0 Å². The first kappa shape index (κ1) is 21.4. The van der Waals surface area contributed by atoms with Crippen LogP contribution < -0.4 is 10.1 Å². The molecule has 2 amide bonds. The topological polar surface area (TPSA) is 75.0 Å². The second kappa shape index (κ2) is 10.0. The van der Waals surface area contributed by atoms with Crippen molar-refractivity contribution in [1.82, 2.24) is 15.1 Å². The Morgan fingerprint density at radius 2 is 1.84 bits per heavy atom. The predicted octanol–water partition coefficient (Wildman–Crippen LogP) is 3.09. The van der Waals surface area contributed by atoms with Crippen molar-refractivity contribution in [2.45, 2.75) is 31.7 Å². The quantitative estimate of drug-likeness (QED) is 0.738. The van der Waals surface area contributed by atoms with E-state index in [-0.39, 0.29) is 23.8 Å². The maximum absolute atomic E-state index is 12.9. The van der Waals surface area contributed by atoms with Gasteiger partial charge in [-0.2, -0.15) is 0 Å². The van der Waals surface area contributed by atoms with Gasteiger partial charge >= 0.3 is 0 Å². The summed E-state index contributed by atoms with van der Waals surface area (Å²) in [6.45, 7) is 3.77. The molecule has 4 rings (SSSR count). The molecule has 2 aliphatic rings. The highest BCUT2D eigenvalue weighted by Gasteiger charge is 2.31. The van der Waals surface area contributed by atoms with E-state index in [1.165, 1.54) is 19.1 Å². The Bertz CT molecular complexity index is 869. The van der Waals surface area contributed by atoms with Crippen LogP contribution in [0.2, 0.25) is 0 Å². The molecule has 1 aromatic carbocycles. The van der Waals surface area contributed by atoms with Crippen molar-refractivity contribution in [2.75, 3.05) is 39.8 Å². The zero-order valence-corrected chi connectivity index (χ0v) is 18.1. The van der Waals surface area contributed by atoms with E-state index in [0.717, 1.165) is 24.4 Å². The van der Waals surface area contributed by atoms with Gasteiger partial charge in [0.2, 0.25) is 5.91 Å². The van der Waals surface area contributed by atoms with Crippen molar-refractivity contribution in [3.8, 4) is 5.75 Å². The van der Waals surface area contributed by atoms with Crippen molar-refractivity contribution in [3.63, 3.8) is 0 Å². The van der Waals surface area contributed by atoms with Gasteiger partial charge in [0, 0.05) is 31.1 Å². The number of piperidine rings is 1. The Kier molecular flexibility index (Phi) is 6.92. The molecule has 1 N–H and O–H groups in total. The molecule has 0 bridgehead atoms. The second-order valence-electron chi connectivity index (χ2n) is 8.29. The maximum atomic E-state index is 12.9. The normalized spacial score (nSPS) is 18.7. The minimum absolute atomic E-state index is 0.0717. The summed E-state index contributed by atoms with van der Waals surface area (Å²) < 4.78 is 10.8. The molecule has 2 aliphatic heterocycles. The third-order valence-electron chi connectivity index (χ3n) is 6.43. The number of para-hydroxylation sites is 1. The molecule has 0 saturated carbocycles. The Hall–Kier alpha value is -2.80. The van der Waals surface area contributed by atoms with E-state index in [0.29, 0.717) is 38.2 Å². The number of nitrogens with one attached hydrogen (secondary N) is 1. The fourth-order valence-electron chi connectivity index (χ4n) is 4.67. The molecular formula is C24H31N3O4. The van der Waals surface area contributed by atoms with E-state index in [9.17, 15) is 9.59 Å². The third-order valence-corrected chi connectivity index (χ3v) is 6.43. The molecule has 0 aliphatic carbocycles. The van der Waals surface area contributed by atoms with E-state index in [1.807, 2.05) is 18.2 Å². The van der Waals surface area contributed by atoms with E-state index in [4.69, 9.17) is 9.15 Å². The van der Waals surface area contributed by atoms with E-state index in [1.54, 1.807) is 24.1 Å². The predicted molar refractivity (Wildman–Crippen MR) is 117 cm³/mol. The summed E-state index contributed by atoms with van der Waals surface area (Å²) in [6.07, 6.45) is 5.21. The molecule has 31 heavy (non-hydrogen) atoms.